The number of rotatable bonds is 5. The molecule has 0 bridgehead atoms. The Morgan fingerprint density at radius 3 is 2.84 bits per heavy atom. The second-order valence-corrected chi connectivity index (χ2v) is 7.05. The van der Waals surface area contributed by atoms with E-state index in [1.54, 1.807) is 19.0 Å². The Labute approximate surface area is 150 Å². The number of carbonyl (C=O) groups is 1. The highest BCUT2D eigenvalue weighted by Crippen LogP contribution is 2.18. The van der Waals surface area contributed by atoms with Crippen LogP contribution in [-0.4, -0.2) is 72.4 Å². The zero-order valence-corrected chi connectivity index (χ0v) is 16.0. The van der Waals surface area contributed by atoms with Crippen molar-refractivity contribution in [1.82, 2.24) is 25.3 Å². The summed E-state index contributed by atoms with van der Waals surface area (Å²) in [6.45, 7) is 6.20. The first-order valence-electron chi connectivity index (χ1n) is 8.86. The molecule has 140 valence electrons. The summed E-state index contributed by atoms with van der Waals surface area (Å²) in [5, 5.41) is 11.1. The molecule has 8 heteroatoms. The molecule has 0 radical (unpaired) electrons. The van der Waals surface area contributed by atoms with Gasteiger partial charge in [0.15, 0.2) is 5.96 Å². The molecule has 25 heavy (non-hydrogen) atoms. The maximum absolute atomic E-state index is 11.8. The molecule has 0 spiro atoms. The molecular formula is C17H31N7O. The lowest BCUT2D eigenvalue weighted by atomic mass is 10.1. The van der Waals surface area contributed by atoms with Crippen LogP contribution in [0.1, 0.15) is 26.7 Å². The molecule has 1 fully saturated rings. The van der Waals surface area contributed by atoms with Gasteiger partial charge in [-0.3, -0.25) is 9.48 Å². The summed E-state index contributed by atoms with van der Waals surface area (Å²) in [7, 11) is 5.42. The van der Waals surface area contributed by atoms with E-state index in [1.807, 2.05) is 24.1 Å². The quantitative estimate of drug-likeness (QED) is 0.595. The molecular weight excluding hydrogens is 318 g/mol. The molecule has 1 saturated heterocycles. The van der Waals surface area contributed by atoms with Crippen LogP contribution in [0, 0.1) is 0 Å². The van der Waals surface area contributed by atoms with Gasteiger partial charge in [0.05, 0.1) is 11.9 Å². The van der Waals surface area contributed by atoms with Crippen molar-refractivity contribution >= 4 is 17.6 Å². The van der Waals surface area contributed by atoms with E-state index in [-0.39, 0.29) is 24.5 Å². The molecule has 2 rings (SSSR count). The molecule has 0 saturated carbocycles. The second-order valence-electron chi connectivity index (χ2n) is 7.05. The van der Waals surface area contributed by atoms with Crippen LogP contribution in [0.5, 0.6) is 0 Å². The van der Waals surface area contributed by atoms with Gasteiger partial charge in [0.25, 0.3) is 0 Å². The lowest BCUT2D eigenvalue weighted by molar-refractivity contribution is -0.127. The Morgan fingerprint density at radius 1 is 1.48 bits per heavy atom. The Kier molecular flexibility index (Phi) is 6.66. The van der Waals surface area contributed by atoms with E-state index in [1.165, 1.54) is 0 Å². The second kappa shape index (κ2) is 8.73. The van der Waals surface area contributed by atoms with Crippen LogP contribution >= 0.6 is 0 Å². The van der Waals surface area contributed by atoms with Crippen LogP contribution in [-0.2, 0) is 11.8 Å². The van der Waals surface area contributed by atoms with Gasteiger partial charge in [-0.05, 0) is 26.7 Å². The Balaban J connectivity index is 1.99. The topological polar surface area (TPSA) is 77.8 Å². The van der Waals surface area contributed by atoms with Crippen molar-refractivity contribution in [3.05, 3.63) is 12.4 Å². The largest absolute Gasteiger partial charge is 0.367 e. The molecule has 1 aromatic rings. The van der Waals surface area contributed by atoms with Crippen LogP contribution in [0.4, 0.5) is 5.69 Å². The average molecular weight is 349 g/mol. The molecule has 1 atom stereocenters. The number of likely N-dealkylation sites (N-methyl/N-ethyl adjacent to an activating group) is 1. The van der Waals surface area contributed by atoms with Gasteiger partial charge in [0.1, 0.15) is 6.54 Å². The lowest BCUT2D eigenvalue weighted by Crippen LogP contribution is -2.52. The standard InChI is InChI=1S/C17H31N7O/c1-13(2)20-17(18-10-16(25)22(3)4)21-14-7-6-8-24(11-14)15-9-19-23(5)12-15/h9,12-14H,6-8,10-11H2,1-5H3,(H2,18,20,21). The number of carbonyl (C=O) groups excluding carboxylic acids is 1. The van der Waals surface area contributed by atoms with Crippen LogP contribution in [0.3, 0.4) is 0 Å². The smallest absolute Gasteiger partial charge is 0.243 e. The molecule has 0 aliphatic carbocycles. The van der Waals surface area contributed by atoms with Crippen LogP contribution in [0.15, 0.2) is 17.4 Å². The molecule has 1 amide bonds. The zero-order chi connectivity index (χ0) is 18.4. The summed E-state index contributed by atoms with van der Waals surface area (Å²) >= 11 is 0. The predicted octanol–water partition coefficient (Wildman–Crippen LogP) is 0.421. The van der Waals surface area contributed by atoms with Crippen molar-refractivity contribution in [3.8, 4) is 0 Å². The fourth-order valence-electron chi connectivity index (χ4n) is 2.79. The number of piperidine rings is 1. The third kappa shape index (κ3) is 5.95. The van der Waals surface area contributed by atoms with Crippen molar-refractivity contribution < 1.29 is 4.79 Å². The predicted molar refractivity (Wildman–Crippen MR) is 101 cm³/mol. The Hall–Kier alpha value is -2.25. The summed E-state index contributed by atoms with van der Waals surface area (Å²) in [6, 6.07) is 0.534. The highest BCUT2D eigenvalue weighted by Gasteiger charge is 2.22. The van der Waals surface area contributed by atoms with E-state index in [0.29, 0.717) is 5.96 Å². The van der Waals surface area contributed by atoms with Crippen LogP contribution in [0.2, 0.25) is 0 Å². The van der Waals surface area contributed by atoms with Gasteiger partial charge >= 0.3 is 0 Å². The van der Waals surface area contributed by atoms with Gasteiger partial charge in [-0.25, -0.2) is 4.99 Å². The lowest BCUT2D eigenvalue weighted by Gasteiger charge is -2.34. The number of amides is 1. The van der Waals surface area contributed by atoms with Gasteiger partial charge in [0.2, 0.25) is 5.91 Å². The van der Waals surface area contributed by atoms with Crippen molar-refractivity contribution in [1.29, 1.82) is 0 Å². The molecule has 2 heterocycles. The van der Waals surface area contributed by atoms with Crippen molar-refractivity contribution in [3.63, 3.8) is 0 Å². The Bertz CT molecular complexity index is 594. The number of aliphatic imine (C=N–C) groups is 1. The number of nitrogens with zero attached hydrogens (tertiary/aromatic N) is 5. The molecule has 2 N–H and O–H groups in total. The van der Waals surface area contributed by atoms with Gasteiger partial charge in [-0.1, -0.05) is 0 Å². The molecule has 1 aliphatic rings. The van der Waals surface area contributed by atoms with E-state index >= 15 is 0 Å². The summed E-state index contributed by atoms with van der Waals surface area (Å²) in [4.78, 5) is 20.2. The number of aromatic nitrogens is 2. The third-order valence-electron chi connectivity index (χ3n) is 4.12. The minimum Gasteiger partial charge on any atom is -0.367 e. The summed E-state index contributed by atoms with van der Waals surface area (Å²) < 4.78 is 1.83. The highest BCUT2D eigenvalue weighted by atomic mass is 16.2. The van der Waals surface area contributed by atoms with E-state index in [9.17, 15) is 4.79 Å². The maximum atomic E-state index is 11.8. The highest BCUT2D eigenvalue weighted by molar-refractivity contribution is 5.85. The summed E-state index contributed by atoms with van der Waals surface area (Å²) in [5.74, 6) is 0.689. The molecule has 8 nitrogen and oxygen atoms in total. The fraction of sp³-hybridized carbons (Fsp3) is 0.706. The van der Waals surface area contributed by atoms with E-state index in [4.69, 9.17) is 0 Å². The minimum atomic E-state index is -0.00881. The number of hydrogen-bond acceptors (Lipinski definition) is 4. The maximum Gasteiger partial charge on any atom is 0.243 e. The number of anilines is 1. The van der Waals surface area contributed by atoms with Crippen LogP contribution in [0.25, 0.3) is 0 Å². The first-order chi connectivity index (χ1) is 11.8. The van der Waals surface area contributed by atoms with Crippen molar-refractivity contribution in [2.75, 3.05) is 38.6 Å². The van der Waals surface area contributed by atoms with E-state index in [2.05, 4.69) is 39.5 Å². The average Bonchev–Trinajstić information content (AvgIpc) is 2.98. The molecule has 0 aromatic carbocycles. The SMILES string of the molecule is CC(C)NC(=NCC(=O)N(C)C)NC1CCCN(c2cnn(C)c2)C1. The molecule has 1 aliphatic heterocycles. The monoisotopic (exact) mass is 349 g/mol. The summed E-state index contributed by atoms with van der Waals surface area (Å²) in [6.07, 6.45) is 6.13. The normalized spacial score (nSPS) is 18.4. The molecule has 1 unspecified atom stereocenters. The number of aryl methyl sites for hydroxylation is 1. The van der Waals surface area contributed by atoms with E-state index < -0.39 is 0 Å². The summed E-state index contributed by atoms with van der Waals surface area (Å²) in [5.41, 5.74) is 1.15. The third-order valence-corrected chi connectivity index (χ3v) is 4.12. The van der Waals surface area contributed by atoms with Gasteiger partial charge in [-0.2, -0.15) is 5.10 Å². The van der Waals surface area contributed by atoms with Crippen LogP contribution < -0.4 is 15.5 Å². The van der Waals surface area contributed by atoms with Crippen molar-refractivity contribution in [2.45, 2.75) is 38.8 Å². The first kappa shape index (κ1) is 19.1. The van der Waals surface area contributed by atoms with Gasteiger partial charge in [-0.15, -0.1) is 0 Å². The first-order valence-corrected chi connectivity index (χ1v) is 8.86. The van der Waals surface area contributed by atoms with Gasteiger partial charge in [0, 0.05) is 52.5 Å². The van der Waals surface area contributed by atoms with E-state index in [0.717, 1.165) is 31.6 Å². The number of hydrogen-bond donors (Lipinski definition) is 2. The van der Waals surface area contributed by atoms with Crippen molar-refractivity contribution in [2.24, 2.45) is 12.0 Å². The van der Waals surface area contributed by atoms with Gasteiger partial charge < -0.3 is 20.4 Å². The minimum absolute atomic E-state index is 0.00881. The number of nitrogens with one attached hydrogen (secondary N) is 2. The fourth-order valence-corrected chi connectivity index (χ4v) is 2.79. The number of guanidine groups is 1. The molecule has 1 aromatic heterocycles. The zero-order valence-electron chi connectivity index (χ0n) is 16.0. The Morgan fingerprint density at radius 2 is 2.24 bits per heavy atom.